The van der Waals surface area contributed by atoms with E-state index in [0.29, 0.717) is 22.0 Å². The Morgan fingerprint density at radius 3 is 2.38 bits per heavy atom. The number of halogens is 1. The van der Waals surface area contributed by atoms with E-state index in [1.807, 2.05) is 29.8 Å². The van der Waals surface area contributed by atoms with Crippen LogP contribution in [-0.4, -0.2) is 23.1 Å². The first kappa shape index (κ1) is 14.8. The van der Waals surface area contributed by atoms with Crippen LogP contribution in [0.5, 0.6) is 0 Å². The Hall–Kier alpha value is -2.80. The van der Waals surface area contributed by atoms with E-state index in [0.717, 1.165) is 15.9 Å². The van der Waals surface area contributed by atoms with Crippen LogP contribution >= 0.6 is 11.6 Å². The highest BCUT2D eigenvalue weighted by Gasteiger charge is 2.19. The Morgan fingerprint density at radius 1 is 1.04 bits per heavy atom. The molecule has 0 spiro atoms. The van der Waals surface area contributed by atoms with Crippen LogP contribution in [0.2, 0.25) is 5.02 Å². The number of aromatic nitrogens is 5. The summed E-state index contributed by atoms with van der Waals surface area (Å²) < 4.78 is 6.11. The maximum atomic E-state index is 12.5. The molecular formula is C16H14ClN5O2. The number of hydrogen-bond acceptors (Lipinski definition) is 3. The van der Waals surface area contributed by atoms with E-state index in [9.17, 15) is 9.59 Å². The largest absolute Gasteiger partial charge is 0.332 e. The SMILES string of the molecule is Cc1cn2c3c(=O)n(C)c(=O)n(C)c3nc2n1-c1ccc(Cl)cc1. The lowest BCUT2D eigenvalue weighted by molar-refractivity contribution is 0.708. The average Bonchev–Trinajstić information content (AvgIpc) is 3.06. The predicted octanol–water partition coefficient (Wildman–Crippen LogP) is 1.64. The zero-order chi connectivity index (χ0) is 17.2. The topological polar surface area (TPSA) is 66.2 Å². The molecule has 0 aliphatic heterocycles. The molecule has 3 heterocycles. The van der Waals surface area contributed by atoms with Crippen molar-refractivity contribution in [1.29, 1.82) is 0 Å². The Bertz CT molecular complexity index is 1220. The minimum Gasteiger partial charge on any atom is -0.283 e. The molecule has 8 heteroatoms. The van der Waals surface area contributed by atoms with Crippen molar-refractivity contribution in [2.75, 3.05) is 0 Å². The summed E-state index contributed by atoms with van der Waals surface area (Å²) in [5.74, 6) is 0.572. The minimum absolute atomic E-state index is 0.362. The summed E-state index contributed by atoms with van der Waals surface area (Å²) in [6.07, 6.45) is 1.84. The standard InChI is InChI=1S/C16H14ClN5O2/c1-9-8-21-12-13(19(2)16(24)20(3)14(12)23)18-15(21)22(9)11-6-4-10(17)5-7-11/h4-8H,1-3H3. The van der Waals surface area contributed by atoms with Crippen LogP contribution in [0.3, 0.4) is 0 Å². The normalized spacial score (nSPS) is 11.7. The lowest BCUT2D eigenvalue weighted by Crippen LogP contribution is -2.37. The van der Waals surface area contributed by atoms with E-state index in [4.69, 9.17) is 11.6 Å². The third-order valence-corrected chi connectivity index (χ3v) is 4.48. The van der Waals surface area contributed by atoms with Crippen LogP contribution in [0, 0.1) is 6.92 Å². The van der Waals surface area contributed by atoms with Crippen LogP contribution in [-0.2, 0) is 14.1 Å². The number of imidazole rings is 2. The second-order valence-electron chi connectivity index (χ2n) is 5.74. The van der Waals surface area contributed by atoms with Gasteiger partial charge in [0, 0.05) is 36.7 Å². The van der Waals surface area contributed by atoms with Crippen molar-refractivity contribution in [2.45, 2.75) is 6.92 Å². The first-order valence-electron chi connectivity index (χ1n) is 7.32. The van der Waals surface area contributed by atoms with Gasteiger partial charge in [0.1, 0.15) is 0 Å². The van der Waals surface area contributed by atoms with Crippen LogP contribution < -0.4 is 11.2 Å². The van der Waals surface area contributed by atoms with Gasteiger partial charge in [-0.3, -0.25) is 22.9 Å². The average molecular weight is 344 g/mol. The quantitative estimate of drug-likeness (QED) is 0.527. The van der Waals surface area contributed by atoms with Crippen molar-refractivity contribution < 1.29 is 0 Å². The summed E-state index contributed by atoms with van der Waals surface area (Å²) in [4.78, 5) is 29.2. The molecule has 0 fully saturated rings. The van der Waals surface area contributed by atoms with Crippen molar-refractivity contribution in [3.8, 4) is 5.69 Å². The van der Waals surface area contributed by atoms with Gasteiger partial charge in [-0.1, -0.05) is 11.6 Å². The zero-order valence-corrected chi connectivity index (χ0v) is 14.1. The van der Waals surface area contributed by atoms with Gasteiger partial charge in [0.05, 0.1) is 0 Å². The summed E-state index contributed by atoms with van der Waals surface area (Å²) in [6, 6.07) is 7.35. The maximum Gasteiger partial charge on any atom is 0.332 e. The fraction of sp³-hybridized carbons (Fsp3) is 0.188. The minimum atomic E-state index is -0.400. The molecule has 0 aliphatic carbocycles. The molecule has 3 aromatic heterocycles. The Kier molecular flexibility index (Phi) is 2.98. The second-order valence-corrected chi connectivity index (χ2v) is 6.18. The summed E-state index contributed by atoms with van der Waals surface area (Å²) in [6.45, 7) is 1.93. The number of fused-ring (bicyclic) bond motifs is 3. The maximum absolute atomic E-state index is 12.5. The smallest absolute Gasteiger partial charge is 0.283 e. The van der Waals surface area contributed by atoms with Gasteiger partial charge in [0.15, 0.2) is 11.2 Å². The summed E-state index contributed by atoms with van der Waals surface area (Å²) in [5, 5.41) is 0.643. The molecule has 24 heavy (non-hydrogen) atoms. The number of nitrogens with zero attached hydrogens (tertiary/aromatic N) is 5. The van der Waals surface area contributed by atoms with Gasteiger partial charge in [0.25, 0.3) is 5.56 Å². The van der Waals surface area contributed by atoms with E-state index in [1.165, 1.54) is 11.6 Å². The summed E-state index contributed by atoms with van der Waals surface area (Å²) in [7, 11) is 3.07. The molecule has 0 saturated carbocycles. The molecule has 0 radical (unpaired) electrons. The third-order valence-electron chi connectivity index (χ3n) is 4.23. The first-order valence-corrected chi connectivity index (χ1v) is 7.70. The molecule has 1 aromatic carbocycles. The monoisotopic (exact) mass is 343 g/mol. The van der Waals surface area contributed by atoms with Crippen molar-refractivity contribution in [2.24, 2.45) is 14.1 Å². The molecule has 7 nitrogen and oxygen atoms in total. The van der Waals surface area contributed by atoms with Crippen LogP contribution in [0.25, 0.3) is 22.6 Å². The molecule has 0 bridgehead atoms. The van der Waals surface area contributed by atoms with E-state index in [1.54, 1.807) is 23.6 Å². The van der Waals surface area contributed by atoms with Gasteiger partial charge in [-0.15, -0.1) is 0 Å². The van der Waals surface area contributed by atoms with Crippen molar-refractivity contribution in [3.63, 3.8) is 0 Å². The highest BCUT2D eigenvalue weighted by molar-refractivity contribution is 6.30. The lowest BCUT2D eigenvalue weighted by atomic mass is 10.3. The third kappa shape index (κ3) is 1.81. The summed E-state index contributed by atoms with van der Waals surface area (Å²) >= 11 is 5.96. The van der Waals surface area contributed by atoms with Gasteiger partial charge in [0.2, 0.25) is 5.78 Å². The van der Waals surface area contributed by atoms with Gasteiger partial charge in [-0.2, -0.15) is 4.98 Å². The Labute approximate surface area is 141 Å². The molecule has 0 amide bonds. The first-order chi connectivity index (χ1) is 11.4. The molecule has 122 valence electrons. The number of rotatable bonds is 1. The second kappa shape index (κ2) is 4.85. The van der Waals surface area contributed by atoms with E-state index in [2.05, 4.69) is 4.98 Å². The highest BCUT2D eigenvalue weighted by Crippen LogP contribution is 2.22. The van der Waals surface area contributed by atoms with Gasteiger partial charge in [-0.05, 0) is 31.2 Å². The van der Waals surface area contributed by atoms with Gasteiger partial charge >= 0.3 is 5.69 Å². The number of benzene rings is 1. The fourth-order valence-electron chi connectivity index (χ4n) is 2.99. The summed E-state index contributed by atoms with van der Waals surface area (Å²) in [5.41, 5.74) is 1.77. The van der Waals surface area contributed by atoms with E-state index < -0.39 is 5.69 Å². The molecule has 0 N–H and O–H groups in total. The molecule has 0 atom stereocenters. The lowest BCUT2D eigenvalue weighted by Gasteiger charge is -2.05. The van der Waals surface area contributed by atoms with Crippen molar-refractivity contribution >= 4 is 28.5 Å². The van der Waals surface area contributed by atoms with Crippen LogP contribution in [0.1, 0.15) is 5.69 Å². The Morgan fingerprint density at radius 2 is 1.71 bits per heavy atom. The zero-order valence-electron chi connectivity index (χ0n) is 13.3. The van der Waals surface area contributed by atoms with E-state index >= 15 is 0 Å². The van der Waals surface area contributed by atoms with Gasteiger partial charge in [-0.25, -0.2) is 4.79 Å². The van der Waals surface area contributed by atoms with Crippen LogP contribution in [0.4, 0.5) is 0 Å². The molecule has 0 aliphatic rings. The number of aryl methyl sites for hydroxylation is 2. The molecule has 4 aromatic rings. The van der Waals surface area contributed by atoms with Crippen LogP contribution in [0.15, 0.2) is 40.1 Å². The van der Waals surface area contributed by atoms with E-state index in [-0.39, 0.29) is 5.56 Å². The van der Waals surface area contributed by atoms with Crippen molar-refractivity contribution in [1.82, 2.24) is 23.1 Å². The fourth-order valence-corrected chi connectivity index (χ4v) is 3.12. The molecule has 0 unspecified atom stereocenters. The molecule has 4 rings (SSSR count). The highest BCUT2D eigenvalue weighted by atomic mass is 35.5. The molecular weight excluding hydrogens is 330 g/mol. The Balaban J connectivity index is 2.19. The number of hydrogen-bond donors (Lipinski definition) is 0. The molecule has 0 saturated heterocycles. The predicted molar refractivity (Wildman–Crippen MR) is 92.3 cm³/mol. The van der Waals surface area contributed by atoms with Crippen molar-refractivity contribution in [3.05, 3.63) is 62.0 Å². The van der Waals surface area contributed by atoms with Gasteiger partial charge < -0.3 is 0 Å².